The molecule has 1 N–H and O–H groups in total. The summed E-state index contributed by atoms with van der Waals surface area (Å²) < 4.78 is 5.10. The van der Waals surface area contributed by atoms with Crippen molar-refractivity contribution in [3.05, 3.63) is 46.3 Å². The van der Waals surface area contributed by atoms with Gasteiger partial charge in [0.15, 0.2) is 0 Å². The molecule has 0 saturated heterocycles. The number of hydrogen-bond donors (Lipinski definition) is 1. The van der Waals surface area contributed by atoms with Gasteiger partial charge in [-0.3, -0.25) is 4.79 Å². The smallest absolute Gasteiger partial charge is 0.408 e. The van der Waals surface area contributed by atoms with Gasteiger partial charge in [-0.1, -0.05) is 30.3 Å². The Balaban J connectivity index is 2.80. The molecule has 7 heteroatoms. The molecular weight excluding hydrogens is 272 g/mol. The highest BCUT2D eigenvalue weighted by Crippen LogP contribution is 2.09. The summed E-state index contributed by atoms with van der Waals surface area (Å²) in [5, 5.41) is 5.47. The van der Waals surface area contributed by atoms with E-state index in [9.17, 15) is 9.59 Å². The number of amides is 2. The summed E-state index contributed by atoms with van der Waals surface area (Å²) >= 11 is 0. The minimum Gasteiger partial charge on any atom is -0.444 e. The van der Waals surface area contributed by atoms with Gasteiger partial charge < -0.3 is 10.1 Å². The lowest BCUT2D eigenvalue weighted by molar-refractivity contribution is -0.120. The Kier molecular flexibility index (Phi) is 5.75. The fourth-order valence-electron chi connectivity index (χ4n) is 1.61. The van der Waals surface area contributed by atoms with Crippen LogP contribution in [-0.2, 0) is 16.0 Å². The second kappa shape index (κ2) is 7.31. The quantitative estimate of drug-likeness (QED) is 0.523. The minimum absolute atomic E-state index is 0.220. The second-order valence-corrected chi connectivity index (χ2v) is 5.42. The third-order valence-corrected chi connectivity index (χ3v) is 2.41. The van der Waals surface area contributed by atoms with Crippen LogP contribution in [0.1, 0.15) is 26.3 Å². The molecule has 0 saturated carbocycles. The predicted octanol–water partition coefficient (Wildman–Crippen LogP) is 2.96. The number of rotatable bonds is 4. The zero-order valence-electron chi connectivity index (χ0n) is 12.2. The fourth-order valence-corrected chi connectivity index (χ4v) is 1.61. The van der Waals surface area contributed by atoms with Crippen LogP contribution in [0.4, 0.5) is 4.79 Å². The molecule has 0 aliphatic heterocycles. The van der Waals surface area contributed by atoms with Crippen LogP contribution in [0.5, 0.6) is 0 Å². The molecule has 1 atom stereocenters. The van der Waals surface area contributed by atoms with Gasteiger partial charge in [-0.25, -0.2) is 4.79 Å². The zero-order chi connectivity index (χ0) is 15.9. The maximum absolute atomic E-state index is 11.8. The number of ether oxygens (including phenoxy) is 1. The van der Waals surface area contributed by atoms with E-state index in [0.29, 0.717) is 0 Å². The van der Waals surface area contributed by atoms with Crippen molar-refractivity contribution in [3.8, 4) is 0 Å². The number of alkyl carbamates (subject to hydrolysis) is 1. The molecular formula is C14H18N4O3. The molecule has 21 heavy (non-hydrogen) atoms. The van der Waals surface area contributed by atoms with Crippen LogP contribution >= 0.6 is 0 Å². The summed E-state index contributed by atoms with van der Waals surface area (Å²) in [6.07, 6.45) is -0.511. The van der Waals surface area contributed by atoms with Crippen molar-refractivity contribution < 1.29 is 14.3 Å². The molecule has 2 amide bonds. The summed E-state index contributed by atoms with van der Waals surface area (Å²) in [5.74, 6) is -0.757. The van der Waals surface area contributed by atoms with E-state index >= 15 is 0 Å². The molecule has 1 aromatic carbocycles. The van der Waals surface area contributed by atoms with Crippen molar-refractivity contribution in [3.63, 3.8) is 0 Å². The SMILES string of the molecule is CC(C)(C)OC(=O)N[C@@H](Cc1ccccc1)C(=O)N=[N+]=[N-]. The van der Waals surface area contributed by atoms with Crippen LogP contribution in [0.25, 0.3) is 10.4 Å². The largest absolute Gasteiger partial charge is 0.444 e. The van der Waals surface area contributed by atoms with Gasteiger partial charge in [-0.05, 0) is 37.0 Å². The summed E-state index contributed by atoms with van der Waals surface area (Å²) in [7, 11) is 0. The van der Waals surface area contributed by atoms with E-state index in [1.165, 1.54) is 0 Å². The Morgan fingerprint density at radius 3 is 2.48 bits per heavy atom. The number of nitrogens with zero attached hydrogens (tertiary/aromatic N) is 3. The number of benzene rings is 1. The van der Waals surface area contributed by atoms with Crippen LogP contribution in [0.3, 0.4) is 0 Å². The van der Waals surface area contributed by atoms with Crippen LogP contribution in [-0.4, -0.2) is 23.6 Å². The van der Waals surface area contributed by atoms with Crippen molar-refractivity contribution in [2.75, 3.05) is 0 Å². The average molecular weight is 290 g/mol. The number of hydrogen-bond acceptors (Lipinski definition) is 3. The van der Waals surface area contributed by atoms with Gasteiger partial charge in [0.25, 0.3) is 0 Å². The summed E-state index contributed by atoms with van der Waals surface area (Å²) in [6.45, 7) is 5.15. The number of carbonyl (C=O) groups is 2. The monoisotopic (exact) mass is 290 g/mol. The van der Waals surface area contributed by atoms with E-state index in [2.05, 4.69) is 15.3 Å². The van der Waals surface area contributed by atoms with E-state index in [-0.39, 0.29) is 6.42 Å². The summed E-state index contributed by atoms with van der Waals surface area (Å²) in [6, 6.07) is 8.14. The van der Waals surface area contributed by atoms with Gasteiger partial charge in [0.2, 0.25) is 5.91 Å². The van der Waals surface area contributed by atoms with Crippen LogP contribution < -0.4 is 5.32 Å². The highest BCUT2D eigenvalue weighted by molar-refractivity contribution is 5.86. The van der Waals surface area contributed by atoms with Crippen molar-refractivity contribution in [1.29, 1.82) is 0 Å². The second-order valence-electron chi connectivity index (χ2n) is 5.42. The average Bonchev–Trinajstić information content (AvgIpc) is 2.37. The standard InChI is InChI=1S/C14H18N4O3/c1-14(2,3)21-13(20)16-11(12(19)17-18-15)9-10-7-5-4-6-8-10/h4-8,11H,9H2,1-3H3,(H,16,20)/t11-/m0/s1. The first-order chi connectivity index (χ1) is 9.81. The first-order valence-corrected chi connectivity index (χ1v) is 6.44. The molecule has 1 aromatic rings. The zero-order valence-corrected chi connectivity index (χ0v) is 12.2. The highest BCUT2D eigenvalue weighted by atomic mass is 16.6. The molecule has 7 nitrogen and oxygen atoms in total. The van der Waals surface area contributed by atoms with Gasteiger partial charge in [-0.15, -0.1) is 0 Å². The fraction of sp³-hybridized carbons (Fsp3) is 0.429. The maximum atomic E-state index is 11.8. The molecule has 0 unspecified atom stereocenters. The number of azide groups is 1. The van der Waals surface area contributed by atoms with E-state index in [0.717, 1.165) is 5.56 Å². The molecule has 0 heterocycles. The topological polar surface area (TPSA) is 104 Å². The van der Waals surface area contributed by atoms with Gasteiger partial charge >= 0.3 is 6.09 Å². The lowest BCUT2D eigenvalue weighted by Crippen LogP contribution is -2.44. The van der Waals surface area contributed by atoms with Gasteiger partial charge in [-0.2, -0.15) is 0 Å². The van der Waals surface area contributed by atoms with Crippen molar-refractivity contribution in [2.45, 2.75) is 38.8 Å². The van der Waals surface area contributed by atoms with E-state index in [1.807, 2.05) is 30.3 Å². The van der Waals surface area contributed by atoms with Gasteiger partial charge in [0, 0.05) is 11.3 Å². The Bertz CT molecular complexity index is 545. The van der Waals surface area contributed by atoms with Crippen molar-refractivity contribution in [1.82, 2.24) is 5.32 Å². The summed E-state index contributed by atoms with van der Waals surface area (Å²) in [5.41, 5.74) is 8.52. The normalized spacial score (nSPS) is 12.0. The van der Waals surface area contributed by atoms with Crippen molar-refractivity contribution >= 4 is 12.0 Å². The van der Waals surface area contributed by atoms with Crippen LogP contribution in [0.15, 0.2) is 35.4 Å². The molecule has 0 radical (unpaired) electrons. The maximum Gasteiger partial charge on any atom is 0.408 e. The third-order valence-electron chi connectivity index (χ3n) is 2.41. The molecule has 112 valence electrons. The first kappa shape index (κ1) is 16.5. The molecule has 0 aliphatic rings. The summed E-state index contributed by atoms with van der Waals surface area (Å²) in [4.78, 5) is 26.0. The molecule has 0 fully saturated rings. The Morgan fingerprint density at radius 2 is 1.95 bits per heavy atom. The Labute approximate surface area is 122 Å². The number of nitrogens with one attached hydrogen (secondary N) is 1. The van der Waals surface area contributed by atoms with Gasteiger partial charge in [0.05, 0.1) is 0 Å². The number of carbonyl (C=O) groups excluding carboxylic acids is 2. The van der Waals surface area contributed by atoms with E-state index in [1.54, 1.807) is 20.8 Å². The van der Waals surface area contributed by atoms with Crippen LogP contribution in [0, 0.1) is 0 Å². The molecule has 0 aromatic heterocycles. The Morgan fingerprint density at radius 1 is 1.33 bits per heavy atom. The molecule has 0 bridgehead atoms. The van der Waals surface area contributed by atoms with Crippen molar-refractivity contribution in [2.24, 2.45) is 5.11 Å². The van der Waals surface area contributed by atoms with Crippen LogP contribution in [0.2, 0.25) is 0 Å². The lowest BCUT2D eigenvalue weighted by atomic mass is 10.1. The minimum atomic E-state index is -0.960. The van der Waals surface area contributed by atoms with E-state index < -0.39 is 23.6 Å². The lowest BCUT2D eigenvalue weighted by Gasteiger charge is -2.22. The van der Waals surface area contributed by atoms with Gasteiger partial charge in [0.1, 0.15) is 11.6 Å². The van der Waals surface area contributed by atoms with E-state index in [4.69, 9.17) is 10.3 Å². The molecule has 0 aliphatic carbocycles. The third kappa shape index (κ3) is 6.44. The predicted molar refractivity (Wildman–Crippen MR) is 77.5 cm³/mol. The first-order valence-electron chi connectivity index (χ1n) is 6.44. The highest BCUT2D eigenvalue weighted by Gasteiger charge is 2.23. The molecule has 0 spiro atoms. The Hall–Kier alpha value is -2.53. The molecule has 1 rings (SSSR count).